The van der Waals surface area contributed by atoms with E-state index in [2.05, 4.69) is 28.1 Å². The van der Waals surface area contributed by atoms with Gasteiger partial charge >= 0.3 is 0 Å². The number of nitrogens with one attached hydrogen (secondary N) is 3. The molecule has 0 saturated carbocycles. The molecule has 8 heteroatoms. The molecule has 0 bridgehead atoms. The molecule has 206 valence electrons. The molecule has 2 aromatic carbocycles. The Morgan fingerprint density at radius 3 is 2.45 bits per heavy atom. The van der Waals surface area contributed by atoms with Crippen LogP contribution in [0.1, 0.15) is 49.3 Å². The third kappa shape index (κ3) is 9.84. The fourth-order valence-corrected chi connectivity index (χ4v) is 4.48. The zero-order chi connectivity index (χ0) is 27.0. The van der Waals surface area contributed by atoms with Crippen LogP contribution in [0.5, 0.6) is 11.5 Å². The number of nitrogens with zero attached hydrogens (tertiary/aromatic N) is 1. The molecule has 1 aliphatic rings. The van der Waals surface area contributed by atoms with Crippen LogP contribution in [-0.2, 0) is 9.59 Å². The van der Waals surface area contributed by atoms with E-state index in [0.717, 1.165) is 50.0 Å². The Morgan fingerprint density at radius 1 is 0.895 bits per heavy atom. The number of benzene rings is 2. The second kappa shape index (κ2) is 16.5. The number of amides is 2. The minimum absolute atomic E-state index is 0.0139. The average Bonchev–Trinajstić information content (AvgIpc) is 2.95. The minimum Gasteiger partial charge on any atom is -0.493 e. The first-order valence-electron chi connectivity index (χ1n) is 13.6. The van der Waals surface area contributed by atoms with Gasteiger partial charge in [-0.15, -0.1) is 0 Å². The number of carbonyl (C=O) groups excluding carboxylic acids is 2. The van der Waals surface area contributed by atoms with Crippen LogP contribution in [0.2, 0.25) is 0 Å². The van der Waals surface area contributed by atoms with Gasteiger partial charge in [-0.1, -0.05) is 36.4 Å². The van der Waals surface area contributed by atoms with E-state index >= 15 is 0 Å². The van der Waals surface area contributed by atoms with Gasteiger partial charge in [-0.3, -0.25) is 9.59 Å². The molecule has 0 radical (unpaired) electrons. The third-order valence-electron chi connectivity index (χ3n) is 6.61. The summed E-state index contributed by atoms with van der Waals surface area (Å²) in [6.45, 7) is 4.48. The van der Waals surface area contributed by atoms with Crippen molar-refractivity contribution >= 4 is 17.9 Å². The van der Waals surface area contributed by atoms with Crippen molar-refractivity contribution in [1.82, 2.24) is 20.9 Å². The Hall–Kier alpha value is -3.36. The van der Waals surface area contributed by atoms with Gasteiger partial charge in [-0.25, -0.2) is 0 Å². The highest BCUT2D eigenvalue weighted by Crippen LogP contribution is 2.28. The number of carbonyl (C=O) groups is 2. The van der Waals surface area contributed by atoms with Crippen molar-refractivity contribution in [2.75, 3.05) is 53.5 Å². The van der Waals surface area contributed by atoms with Crippen LogP contribution in [0.15, 0.2) is 54.6 Å². The van der Waals surface area contributed by atoms with Crippen molar-refractivity contribution < 1.29 is 19.1 Å². The Bertz CT molecular complexity index is 1030. The number of hydrogen-bond donors (Lipinski definition) is 3. The van der Waals surface area contributed by atoms with E-state index in [1.807, 2.05) is 41.3 Å². The number of rotatable bonds is 5. The summed E-state index contributed by atoms with van der Waals surface area (Å²) in [4.78, 5) is 27.7. The smallest absolute Gasteiger partial charge is 0.246 e. The normalized spacial score (nSPS) is 18.9. The highest BCUT2D eigenvalue weighted by Gasteiger charge is 2.16. The molecule has 8 nitrogen and oxygen atoms in total. The van der Waals surface area contributed by atoms with Crippen LogP contribution < -0.4 is 25.4 Å². The predicted molar refractivity (Wildman–Crippen MR) is 151 cm³/mol. The van der Waals surface area contributed by atoms with Crippen LogP contribution in [0.4, 0.5) is 0 Å². The van der Waals surface area contributed by atoms with Gasteiger partial charge in [0, 0.05) is 38.2 Å². The molecule has 1 saturated heterocycles. The maximum Gasteiger partial charge on any atom is 0.246 e. The van der Waals surface area contributed by atoms with E-state index < -0.39 is 0 Å². The lowest BCUT2D eigenvalue weighted by molar-refractivity contribution is -0.126. The molecule has 0 aliphatic carbocycles. The van der Waals surface area contributed by atoms with Crippen molar-refractivity contribution in [3.63, 3.8) is 0 Å². The van der Waals surface area contributed by atoms with Crippen molar-refractivity contribution in [1.29, 1.82) is 0 Å². The van der Waals surface area contributed by atoms with Crippen LogP contribution in [0, 0.1) is 0 Å². The van der Waals surface area contributed by atoms with Gasteiger partial charge in [0.25, 0.3) is 0 Å². The van der Waals surface area contributed by atoms with E-state index in [9.17, 15) is 9.59 Å². The summed E-state index contributed by atoms with van der Waals surface area (Å²) < 4.78 is 10.7. The minimum atomic E-state index is -0.0367. The van der Waals surface area contributed by atoms with E-state index in [4.69, 9.17) is 9.47 Å². The average molecular weight is 523 g/mol. The number of methoxy groups -OCH3 is 2. The van der Waals surface area contributed by atoms with Crippen LogP contribution in [-0.4, -0.2) is 70.2 Å². The zero-order valence-electron chi connectivity index (χ0n) is 22.7. The van der Waals surface area contributed by atoms with Crippen molar-refractivity contribution in [3.05, 3.63) is 65.7 Å². The van der Waals surface area contributed by atoms with Crippen LogP contribution in [0.3, 0.4) is 0 Å². The third-order valence-corrected chi connectivity index (χ3v) is 6.61. The summed E-state index contributed by atoms with van der Waals surface area (Å²) in [5.74, 6) is 1.25. The molecule has 1 aliphatic heterocycles. The topological polar surface area (TPSA) is 91.9 Å². The molecule has 1 unspecified atom stereocenters. The first kappa shape index (κ1) is 29.2. The highest BCUT2D eigenvalue weighted by atomic mass is 16.5. The molecule has 1 fully saturated rings. The fraction of sp³-hybridized carbons (Fsp3) is 0.467. The molecule has 3 rings (SSSR count). The summed E-state index contributed by atoms with van der Waals surface area (Å²) in [6, 6.07) is 15.7. The molecule has 0 spiro atoms. The Labute approximate surface area is 226 Å². The van der Waals surface area contributed by atoms with E-state index in [1.54, 1.807) is 26.4 Å². The van der Waals surface area contributed by atoms with Crippen LogP contribution in [0.25, 0.3) is 6.08 Å². The summed E-state index contributed by atoms with van der Waals surface area (Å²) in [5.41, 5.74) is 1.98. The summed E-state index contributed by atoms with van der Waals surface area (Å²) >= 11 is 0. The largest absolute Gasteiger partial charge is 0.493 e. The number of ether oxygens (including phenoxy) is 2. The van der Waals surface area contributed by atoms with Gasteiger partial charge in [0.2, 0.25) is 11.8 Å². The lowest BCUT2D eigenvalue weighted by atomic mass is 10.0. The molecular formula is C30H42N4O4. The second-order valence-electron chi connectivity index (χ2n) is 9.41. The second-order valence-corrected chi connectivity index (χ2v) is 9.41. The molecule has 38 heavy (non-hydrogen) atoms. The zero-order valence-corrected chi connectivity index (χ0v) is 22.7. The molecule has 1 atom stereocenters. The first-order valence-corrected chi connectivity index (χ1v) is 13.6. The van der Waals surface area contributed by atoms with E-state index in [1.165, 1.54) is 0 Å². The van der Waals surface area contributed by atoms with Crippen LogP contribution >= 0.6 is 0 Å². The number of hydrogen-bond acceptors (Lipinski definition) is 6. The van der Waals surface area contributed by atoms with Crippen molar-refractivity contribution in [2.24, 2.45) is 0 Å². The first-order chi connectivity index (χ1) is 18.6. The summed E-state index contributed by atoms with van der Waals surface area (Å²) in [6.07, 6.45) is 7.39. The van der Waals surface area contributed by atoms with E-state index in [-0.39, 0.29) is 17.9 Å². The lowest BCUT2D eigenvalue weighted by Crippen LogP contribution is -2.35. The highest BCUT2D eigenvalue weighted by molar-refractivity contribution is 5.91. The predicted octanol–water partition coefficient (Wildman–Crippen LogP) is 3.55. The van der Waals surface area contributed by atoms with Gasteiger partial charge in [-0.05, 0) is 74.7 Å². The summed E-state index contributed by atoms with van der Waals surface area (Å²) in [5, 5.41) is 10.1. The monoisotopic (exact) mass is 522 g/mol. The standard InChI is InChI=1S/C30H42N4O4/c1-37-27-14-12-24(22-28(27)38-2)13-15-30(36)34-20-7-6-16-31-17-8-18-32-26(25-10-4-3-5-11-25)23-29(35)33-19-9-21-34/h3-5,10-15,22,26,31-32H,6-9,16-21,23H2,1-2H3,(H,33,35). The molecule has 1 heterocycles. The Morgan fingerprint density at radius 2 is 1.66 bits per heavy atom. The lowest BCUT2D eigenvalue weighted by Gasteiger charge is -2.22. The quantitative estimate of drug-likeness (QED) is 0.521. The van der Waals surface area contributed by atoms with Gasteiger partial charge in [0.05, 0.1) is 14.2 Å². The Kier molecular flexibility index (Phi) is 12.7. The van der Waals surface area contributed by atoms with Gasteiger partial charge < -0.3 is 30.3 Å². The molecule has 0 aromatic heterocycles. The fourth-order valence-electron chi connectivity index (χ4n) is 4.48. The van der Waals surface area contributed by atoms with E-state index in [0.29, 0.717) is 44.0 Å². The van der Waals surface area contributed by atoms with Gasteiger partial charge in [-0.2, -0.15) is 0 Å². The molecular weight excluding hydrogens is 480 g/mol. The SMILES string of the molecule is COc1ccc(C=CC(=O)N2CCCCNCCCNC(c3ccccc3)CC(=O)NCCC2)cc1OC. The van der Waals surface area contributed by atoms with Gasteiger partial charge in [0.1, 0.15) is 0 Å². The van der Waals surface area contributed by atoms with Gasteiger partial charge in [0.15, 0.2) is 11.5 Å². The Balaban J connectivity index is 1.60. The maximum atomic E-state index is 13.1. The van der Waals surface area contributed by atoms with Crippen molar-refractivity contribution in [2.45, 2.75) is 38.1 Å². The molecule has 3 N–H and O–H groups in total. The molecule has 2 amide bonds. The maximum absolute atomic E-state index is 13.1. The molecule has 2 aromatic rings. The van der Waals surface area contributed by atoms with Crippen molar-refractivity contribution in [3.8, 4) is 11.5 Å². The summed E-state index contributed by atoms with van der Waals surface area (Å²) in [7, 11) is 3.19.